The zero-order chi connectivity index (χ0) is 60.3. The van der Waals surface area contributed by atoms with Gasteiger partial charge < -0.3 is 0 Å². The van der Waals surface area contributed by atoms with E-state index in [9.17, 15) is 0 Å². The summed E-state index contributed by atoms with van der Waals surface area (Å²) in [5.41, 5.74) is 23.4. The summed E-state index contributed by atoms with van der Waals surface area (Å²) in [4.78, 5) is 0. The Labute approximate surface area is 428 Å². The van der Waals surface area contributed by atoms with Gasteiger partial charge in [0, 0.05) is 85.2 Å². The summed E-state index contributed by atoms with van der Waals surface area (Å²) in [6, 6.07) is 31.5. The van der Waals surface area contributed by atoms with Crippen molar-refractivity contribution in [2.24, 2.45) is 28.2 Å². The van der Waals surface area contributed by atoms with Gasteiger partial charge in [0.05, 0.1) is 0 Å². The van der Waals surface area contributed by atoms with Crippen molar-refractivity contribution in [3.63, 3.8) is 0 Å². The molecule has 352 valence electrons. The van der Waals surface area contributed by atoms with Gasteiger partial charge in [0.1, 0.15) is 28.2 Å². The number of aromatic nitrogens is 4. The molecule has 0 aliphatic rings. The Hall–Kier alpha value is -6.52. The lowest BCUT2D eigenvalue weighted by molar-refractivity contribution is -0.660. The molecular formula is C64H80N4+4. The molecule has 0 N–H and O–H groups in total. The van der Waals surface area contributed by atoms with Crippen LogP contribution in [0, 0.1) is 110 Å². The maximum absolute atomic E-state index is 7.64. The van der Waals surface area contributed by atoms with Crippen LogP contribution >= 0.6 is 0 Å². The molecule has 4 heterocycles. The first-order valence-electron chi connectivity index (χ1n) is 29.1. The molecule has 8 aromatic rings. The zero-order valence-electron chi connectivity index (χ0n) is 55.3. The lowest BCUT2D eigenvalue weighted by Gasteiger charge is -2.08. The molecular weight excluding hydrogens is 825 g/mol. The Kier molecular flexibility index (Phi) is 12.4. The molecule has 0 aliphatic heterocycles. The van der Waals surface area contributed by atoms with Gasteiger partial charge in [0.15, 0.2) is 24.8 Å². The van der Waals surface area contributed by atoms with Gasteiger partial charge in [0.25, 0.3) is 0 Å². The van der Waals surface area contributed by atoms with Crippen LogP contribution in [0.1, 0.15) is 105 Å². The normalized spacial score (nSPS) is 14.0. The summed E-state index contributed by atoms with van der Waals surface area (Å²) in [6.07, 6.45) is 7.62. The number of hydrogen-bond donors (Lipinski definition) is 0. The quantitative estimate of drug-likeness (QED) is 0.156. The van der Waals surface area contributed by atoms with Gasteiger partial charge in [-0.05, 0) is 190 Å². The molecule has 0 fully saturated rings. The highest BCUT2D eigenvalue weighted by molar-refractivity contribution is 5.65. The van der Waals surface area contributed by atoms with Crippen LogP contribution in [0.25, 0.3) is 45.0 Å². The highest BCUT2D eigenvalue weighted by Crippen LogP contribution is 2.27. The maximum Gasteiger partial charge on any atom is 0.212 e. The number of benzene rings is 4. The molecule has 68 heavy (non-hydrogen) atoms. The molecule has 0 aliphatic carbocycles. The van der Waals surface area contributed by atoms with Crippen molar-refractivity contribution in [2.45, 2.75) is 110 Å². The molecule has 4 nitrogen and oxygen atoms in total. The summed E-state index contributed by atoms with van der Waals surface area (Å²) in [6.45, 7) is 15.9. The topological polar surface area (TPSA) is 15.5 Å². The van der Waals surface area contributed by atoms with Gasteiger partial charge in [-0.3, -0.25) is 0 Å². The molecule has 0 saturated heterocycles. The Balaban J connectivity index is 0.000000198. The van der Waals surface area contributed by atoms with Gasteiger partial charge in [-0.15, -0.1) is 0 Å². The van der Waals surface area contributed by atoms with E-state index in [4.69, 9.17) is 16.4 Å². The van der Waals surface area contributed by atoms with E-state index < -0.39 is 27.4 Å². The number of rotatable bonds is 4. The Bertz CT molecular complexity index is 3570. The summed E-state index contributed by atoms with van der Waals surface area (Å²) in [5.74, 6) is 0. The van der Waals surface area contributed by atoms with Crippen LogP contribution in [0.2, 0.25) is 0 Å². The standard InChI is InChI=1S/4C16H20N/c2*1-11-6-7-15(13(3)8-11)16-9-12(2)14(4)10-17(16)5;2*1-11-7-6-8-15(14(11)4)16-9-12(2)13(3)10-17(16)5/h4*6-10H,1-5H3/q4*+1/i1D3,4D3;;1D3,3D3;. The van der Waals surface area contributed by atoms with Crippen LogP contribution in [0.4, 0.5) is 0 Å². The van der Waals surface area contributed by atoms with Crippen LogP contribution < -0.4 is 18.3 Å². The summed E-state index contributed by atoms with van der Waals surface area (Å²) < 4.78 is 98.8. The van der Waals surface area contributed by atoms with Crippen molar-refractivity contribution in [3.05, 3.63) is 211 Å². The molecule has 4 aromatic carbocycles. The van der Waals surface area contributed by atoms with Crippen molar-refractivity contribution >= 4 is 0 Å². The molecule has 0 spiro atoms. The van der Waals surface area contributed by atoms with E-state index >= 15 is 0 Å². The molecule has 0 saturated carbocycles. The first-order valence-corrected chi connectivity index (χ1v) is 23.1. The second kappa shape index (κ2) is 22.5. The van der Waals surface area contributed by atoms with E-state index in [0.29, 0.717) is 38.9 Å². The largest absolute Gasteiger partial charge is 0.212 e. The first-order chi connectivity index (χ1) is 36.8. The smallest absolute Gasteiger partial charge is 0.201 e. The van der Waals surface area contributed by atoms with E-state index in [1.165, 1.54) is 67.0 Å². The maximum atomic E-state index is 7.64. The Morgan fingerprint density at radius 2 is 0.618 bits per heavy atom. The Morgan fingerprint density at radius 1 is 0.279 bits per heavy atom. The third-order valence-electron chi connectivity index (χ3n) is 13.1. The lowest BCUT2D eigenvalue weighted by atomic mass is 9.99. The highest BCUT2D eigenvalue weighted by atomic mass is 14.9. The van der Waals surface area contributed by atoms with E-state index in [-0.39, 0.29) is 0 Å². The molecule has 0 radical (unpaired) electrons. The number of pyridine rings is 4. The van der Waals surface area contributed by atoms with Gasteiger partial charge in [-0.2, -0.15) is 0 Å². The molecule has 8 rings (SSSR count). The molecule has 0 unspecified atom stereocenters. The van der Waals surface area contributed by atoms with Crippen molar-refractivity contribution < 1.29 is 34.7 Å². The minimum atomic E-state index is -2.17. The molecule has 0 amide bonds. The third kappa shape index (κ3) is 12.5. The Morgan fingerprint density at radius 3 is 1.01 bits per heavy atom. The number of hydrogen-bond acceptors (Lipinski definition) is 0. The predicted octanol–water partition coefficient (Wildman–Crippen LogP) is 13.6. The van der Waals surface area contributed by atoms with Crippen molar-refractivity contribution in [3.8, 4) is 45.0 Å². The van der Waals surface area contributed by atoms with E-state index in [1.54, 1.807) is 92.8 Å². The zero-order valence-corrected chi connectivity index (χ0v) is 43.3. The van der Waals surface area contributed by atoms with Crippen LogP contribution in [-0.4, -0.2) is 0 Å². The molecule has 4 aromatic heterocycles. The van der Waals surface area contributed by atoms with Crippen LogP contribution in [0.3, 0.4) is 0 Å². The minimum Gasteiger partial charge on any atom is -0.201 e. The van der Waals surface area contributed by atoms with Gasteiger partial charge in [-0.1, -0.05) is 59.7 Å². The first kappa shape index (κ1) is 37.5. The monoisotopic (exact) mass is 917 g/mol. The van der Waals surface area contributed by atoms with Gasteiger partial charge >= 0.3 is 0 Å². The summed E-state index contributed by atoms with van der Waals surface area (Å²) in [5, 5.41) is 0. The summed E-state index contributed by atoms with van der Waals surface area (Å²) >= 11 is 0. The van der Waals surface area contributed by atoms with Crippen LogP contribution in [0.15, 0.2) is 122 Å². The lowest BCUT2D eigenvalue weighted by Crippen LogP contribution is -2.31. The molecule has 0 atom stereocenters. The average Bonchev–Trinajstić information content (AvgIpc) is 3.34. The van der Waals surface area contributed by atoms with Crippen molar-refractivity contribution in [1.82, 2.24) is 0 Å². The number of nitrogens with zero attached hydrogens (tertiary/aromatic N) is 4. The van der Waals surface area contributed by atoms with Gasteiger partial charge in [-0.25, -0.2) is 18.3 Å². The second-order valence-corrected chi connectivity index (χ2v) is 18.6. The minimum absolute atomic E-state index is 0.299. The van der Waals surface area contributed by atoms with E-state index in [1.807, 2.05) is 19.1 Å². The second-order valence-electron chi connectivity index (χ2n) is 18.6. The fraction of sp³-hybridized carbons (Fsp3) is 0.312. The molecule has 4 heteroatoms. The van der Waals surface area contributed by atoms with Crippen molar-refractivity contribution in [2.75, 3.05) is 0 Å². The molecule has 0 bridgehead atoms. The van der Waals surface area contributed by atoms with Crippen LogP contribution in [0.5, 0.6) is 0 Å². The predicted molar refractivity (Wildman–Crippen MR) is 288 cm³/mol. The fourth-order valence-corrected chi connectivity index (χ4v) is 8.33. The summed E-state index contributed by atoms with van der Waals surface area (Å²) in [7, 11) is 7.79. The fourth-order valence-electron chi connectivity index (χ4n) is 8.33. The highest BCUT2D eigenvalue weighted by Gasteiger charge is 2.18. The van der Waals surface area contributed by atoms with Crippen molar-refractivity contribution in [1.29, 1.82) is 0 Å². The number of aryl methyl sites for hydroxylation is 18. The van der Waals surface area contributed by atoms with Crippen LogP contribution in [-0.2, 0) is 28.2 Å². The third-order valence-corrected chi connectivity index (χ3v) is 13.1. The van der Waals surface area contributed by atoms with Gasteiger partial charge in [0.2, 0.25) is 22.8 Å². The van der Waals surface area contributed by atoms with E-state index in [0.717, 1.165) is 28.1 Å². The average molecular weight is 917 g/mol. The van der Waals surface area contributed by atoms with E-state index in [2.05, 4.69) is 140 Å². The SMILES string of the molecule is Cc1cc(-c2cccc(C)c2C)[n+](C)cc1C.Cc1ccc(-c2cc(C)c(C)c[n+]2C)c(C)c1.[2H]C([2H])([2H])c1c[n+](C)c(-c2cccc(C([2H])([2H])[2H])c2C)cc1C.[2H]C([2H])([2H])c1ccc(-c2cc(C)c(C([2H])([2H])[2H])c[n+]2C)c(C)c1.